The molecule has 1 saturated heterocycles. The quantitative estimate of drug-likeness (QED) is 0.731. The smallest absolute Gasteiger partial charge is 0.407 e. The van der Waals surface area contributed by atoms with Gasteiger partial charge in [-0.2, -0.15) is 0 Å². The summed E-state index contributed by atoms with van der Waals surface area (Å²) in [6, 6.07) is 7.19. The molecule has 1 aromatic carbocycles. The molecule has 140 valence electrons. The van der Waals surface area contributed by atoms with Crippen LogP contribution in [0.25, 0.3) is 0 Å². The van der Waals surface area contributed by atoms with Crippen LogP contribution in [0.2, 0.25) is 0 Å². The molecular weight excluding hydrogens is 322 g/mol. The number of carbonyl (C=O) groups is 1. The number of cyclic esters (lactones) is 1. The van der Waals surface area contributed by atoms with Crippen molar-refractivity contribution in [2.75, 3.05) is 6.61 Å². The number of amides is 1. The van der Waals surface area contributed by atoms with E-state index >= 15 is 0 Å². The molecule has 0 bridgehead atoms. The Morgan fingerprint density at radius 1 is 1.27 bits per heavy atom. The van der Waals surface area contributed by atoms with Gasteiger partial charge in [0.15, 0.2) is 0 Å². The van der Waals surface area contributed by atoms with E-state index in [4.69, 9.17) is 4.74 Å². The third-order valence-electron chi connectivity index (χ3n) is 6.63. The van der Waals surface area contributed by atoms with Crippen LogP contribution >= 0.6 is 0 Å². The van der Waals surface area contributed by atoms with Gasteiger partial charge in [-0.3, -0.25) is 0 Å². The number of rotatable bonds is 5. The van der Waals surface area contributed by atoms with Gasteiger partial charge in [0, 0.05) is 0 Å². The second-order valence-electron chi connectivity index (χ2n) is 8.52. The molecule has 4 rings (SSSR count). The maximum atomic E-state index is 11.4. The summed E-state index contributed by atoms with van der Waals surface area (Å²) in [7, 11) is 0. The Bertz CT molecular complexity index is 695. The molecule has 1 spiro atoms. The number of hydrogen-bond acceptors (Lipinski definition) is 2. The molecule has 3 heteroatoms. The van der Waals surface area contributed by atoms with Gasteiger partial charge in [-0.1, -0.05) is 37.3 Å². The molecule has 3 atom stereocenters. The van der Waals surface area contributed by atoms with Crippen molar-refractivity contribution >= 4 is 6.09 Å². The van der Waals surface area contributed by atoms with Crippen molar-refractivity contribution in [3.05, 3.63) is 47.0 Å². The minimum Gasteiger partial charge on any atom is -0.447 e. The fourth-order valence-electron chi connectivity index (χ4n) is 5.12. The number of ether oxygens (including phenoxy) is 1. The Balaban J connectivity index is 1.38. The van der Waals surface area contributed by atoms with Gasteiger partial charge in [-0.25, -0.2) is 4.79 Å². The minimum atomic E-state index is -0.240. The van der Waals surface area contributed by atoms with Gasteiger partial charge in [0.25, 0.3) is 0 Å². The first-order valence-electron chi connectivity index (χ1n) is 10.4. The zero-order valence-corrected chi connectivity index (χ0v) is 15.9. The summed E-state index contributed by atoms with van der Waals surface area (Å²) < 4.78 is 5.17. The van der Waals surface area contributed by atoms with Gasteiger partial charge >= 0.3 is 6.09 Å². The third kappa shape index (κ3) is 3.67. The van der Waals surface area contributed by atoms with E-state index in [1.165, 1.54) is 37.7 Å². The molecule has 2 aliphatic carbocycles. The van der Waals surface area contributed by atoms with E-state index in [9.17, 15) is 4.79 Å². The molecule has 1 N–H and O–H groups in total. The second-order valence-corrected chi connectivity index (χ2v) is 8.52. The van der Waals surface area contributed by atoms with Crippen LogP contribution in [-0.2, 0) is 17.6 Å². The second kappa shape index (κ2) is 7.46. The lowest BCUT2D eigenvalue weighted by Crippen LogP contribution is -2.40. The summed E-state index contributed by atoms with van der Waals surface area (Å²) in [6.45, 7) is 2.74. The number of hydrogen-bond donors (Lipinski definition) is 1. The summed E-state index contributed by atoms with van der Waals surface area (Å²) in [5.74, 6) is 1.40. The standard InChI is InChI=1S/C23H31NO2/c1-2-3-4-5-6-17-7-8-19-14-20(10-9-18(19)13-17)21-11-12-23(15-21)16-26-22(25)24-23/h3-4,9-10,14,17,21H,2,5-8,11-13,15-16H2,1H3,(H,24,25)/t17-,21+,23-/m1/s1. The number of alkyl carbamates (subject to hydrolysis) is 1. The van der Waals surface area contributed by atoms with Gasteiger partial charge in [0.1, 0.15) is 6.61 Å². The van der Waals surface area contributed by atoms with Crippen LogP contribution in [0.5, 0.6) is 0 Å². The molecule has 0 radical (unpaired) electrons. The topological polar surface area (TPSA) is 38.3 Å². The van der Waals surface area contributed by atoms with Crippen LogP contribution < -0.4 is 5.32 Å². The van der Waals surface area contributed by atoms with Crippen molar-refractivity contribution in [2.24, 2.45) is 5.92 Å². The number of aryl methyl sites for hydroxylation is 1. The van der Waals surface area contributed by atoms with E-state index in [0.29, 0.717) is 12.5 Å². The average molecular weight is 354 g/mol. The van der Waals surface area contributed by atoms with Crippen molar-refractivity contribution in [3.8, 4) is 0 Å². The van der Waals surface area contributed by atoms with Gasteiger partial charge in [0.2, 0.25) is 0 Å². The molecule has 1 amide bonds. The highest BCUT2D eigenvalue weighted by Gasteiger charge is 2.46. The van der Waals surface area contributed by atoms with Crippen molar-refractivity contribution < 1.29 is 9.53 Å². The van der Waals surface area contributed by atoms with Gasteiger partial charge < -0.3 is 10.1 Å². The van der Waals surface area contributed by atoms with E-state index in [0.717, 1.165) is 31.6 Å². The van der Waals surface area contributed by atoms with Crippen LogP contribution in [0, 0.1) is 5.92 Å². The first-order valence-corrected chi connectivity index (χ1v) is 10.4. The van der Waals surface area contributed by atoms with E-state index < -0.39 is 0 Å². The lowest BCUT2D eigenvalue weighted by molar-refractivity contribution is 0.172. The number of allylic oxidation sites excluding steroid dienone is 2. The predicted molar refractivity (Wildman–Crippen MR) is 104 cm³/mol. The molecule has 1 aromatic rings. The molecule has 3 nitrogen and oxygen atoms in total. The Kier molecular flexibility index (Phi) is 5.06. The minimum absolute atomic E-state index is 0.102. The van der Waals surface area contributed by atoms with Crippen LogP contribution in [0.3, 0.4) is 0 Å². The normalized spacial score (nSPS) is 30.6. The van der Waals surface area contributed by atoms with Crippen molar-refractivity contribution in [1.29, 1.82) is 0 Å². The van der Waals surface area contributed by atoms with Crippen LogP contribution in [0.4, 0.5) is 4.79 Å². The highest BCUT2D eigenvalue weighted by atomic mass is 16.6. The SMILES string of the molecule is CCC=CCC[C@@H]1CCc2cc([C@H]3CC[C@]4(COC(=O)N4)C3)ccc2C1. The zero-order valence-electron chi connectivity index (χ0n) is 15.9. The summed E-state index contributed by atoms with van der Waals surface area (Å²) >= 11 is 0. The Hall–Kier alpha value is -1.77. The largest absolute Gasteiger partial charge is 0.447 e. The Labute approximate surface area is 157 Å². The molecule has 1 aliphatic heterocycles. The molecule has 3 aliphatic rings. The number of carbonyl (C=O) groups excluding carboxylic acids is 1. The third-order valence-corrected chi connectivity index (χ3v) is 6.63. The number of nitrogens with one attached hydrogen (secondary N) is 1. The molecular formula is C23H31NO2. The van der Waals surface area contributed by atoms with E-state index in [2.05, 4.69) is 42.6 Å². The van der Waals surface area contributed by atoms with E-state index in [-0.39, 0.29) is 11.6 Å². The van der Waals surface area contributed by atoms with Gasteiger partial charge in [-0.05, 0) is 86.3 Å². The maximum Gasteiger partial charge on any atom is 0.407 e. The Morgan fingerprint density at radius 2 is 2.19 bits per heavy atom. The van der Waals surface area contributed by atoms with Crippen molar-refractivity contribution in [2.45, 2.75) is 76.2 Å². The van der Waals surface area contributed by atoms with Crippen LogP contribution in [0.15, 0.2) is 30.4 Å². The highest BCUT2D eigenvalue weighted by Crippen LogP contribution is 2.43. The monoisotopic (exact) mass is 353 g/mol. The van der Waals surface area contributed by atoms with Gasteiger partial charge in [-0.15, -0.1) is 0 Å². The zero-order chi connectivity index (χ0) is 18.0. The summed E-state index contributed by atoms with van der Waals surface area (Å²) in [6.07, 6.45) is 15.1. The molecule has 1 saturated carbocycles. The first kappa shape index (κ1) is 17.6. The Morgan fingerprint density at radius 3 is 3.00 bits per heavy atom. The average Bonchev–Trinajstić information content (AvgIpc) is 3.24. The van der Waals surface area contributed by atoms with Crippen LogP contribution in [0.1, 0.15) is 74.5 Å². The molecule has 26 heavy (non-hydrogen) atoms. The predicted octanol–water partition coefficient (Wildman–Crippen LogP) is 5.28. The molecule has 2 fully saturated rings. The molecule has 1 heterocycles. The number of benzene rings is 1. The lowest BCUT2D eigenvalue weighted by Gasteiger charge is -2.26. The number of fused-ring (bicyclic) bond motifs is 1. The summed E-state index contributed by atoms with van der Waals surface area (Å²) in [5.41, 5.74) is 4.49. The van der Waals surface area contributed by atoms with Gasteiger partial charge in [0.05, 0.1) is 5.54 Å². The highest BCUT2D eigenvalue weighted by molar-refractivity contribution is 5.70. The summed E-state index contributed by atoms with van der Waals surface area (Å²) in [5, 5.41) is 3.06. The fraction of sp³-hybridized carbons (Fsp3) is 0.609. The van der Waals surface area contributed by atoms with E-state index in [1.807, 2.05) is 0 Å². The lowest BCUT2D eigenvalue weighted by atomic mass is 9.80. The van der Waals surface area contributed by atoms with Crippen LogP contribution in [-0.4, -0.2) is 18.2 Å². The molecule has 0 aromatic heterocycles. The van der Waals surface area contributed by atoms with Crippen molar-refractivity contribution in [3.63, 3.8) is 0 Å². The summed E-state index contributed by atoms with van der Waals surface area (Å²) in [4.78, 5) is 11.4. The molecule has 0 unspecified atom stereocenters. The first-order chi connectivity index (χ1) is 12.7. The fourth-order valence-corrected chi connectivity index (χ4v) is 5.12. The maximum absolute atomic E-state index is 11.4. The van der Waals surface area contributed by atoms with E-state index in [1.54, 1.807) is 11.1 Å². The van der Waals surface area contributed by atoms with Crippen molar-refractivity contribution in [1.82, 2.24) is 5.32 Å².